The second kappa shape index (κ2) is 5.13. The summed E-state index contributed by atoms with van der Waals surface area (Å²) in [5.41, 5.74) is 2.94. The molecule has 0 aliphatic heterocycles. The van der Waals surface area contributed by atoms with Gasteiger partial charge >= 0.3 is 0 Å². The maximum absolute atomic E-state index is 11.0. The summed E-state index contributed by atoms with van der Waals surface area (Å²) in [6.45, 7) is 0. The lowest BCUT2D eigenvalue weighted by Gasteiger charge is -2.06. The first kappa shape index (κ1) is 12.4. The minimum Gasteiger partial charge on any atom is -0.298 e. The van der Waals surface area contributed by atoms with Crippen LogP contribution >= 0.6 is 22.6 Å². The normalized spacial score (nSPS) is 10.6. The number of carbonyl (C=O) groups excluding carboxylic acids is 1. The highest BCUT2D eigenvalue weighted by molar-refractivity contribution is 14.1. The van der Waals surface area contributed by atoms with Gasteiger partial charge in [0.15, 0.2) is 0 Å². The highest BCUT2D eigenvalue weighted by Crippen LogP contribution is 2.26. The van der Waals surface area contributed by atoms with Gasteiger partial charge in [0.2, 0.25) is 0 Å². The van der Waals surface area contributed by atoms with Crippen molar-refractivity contribution in [3.05, 3.63) is 69.8 Å². The van der Waals surface area contributed by atoms with Crippen LogP contribution in [-0.4, -0.2) is 6.29 Å². The Kier molecular flexibility index (Phi) is 3.34. The molecule has 0 aliphatic carbocycles. The van der Waals surface area contributed by atoms with Crippen molar-refractivity contribution in [2.24, 2.45) is 0 Å². The van der Waals surface area contributed by atoms with Crippen molar-refractivity contribution in [2.45, 2.75) is 0 Å². The van der Waals surface area contributed by atoms with Crippen LogP contribution in [0.15, 0.2) is 60.7 Å². The average molecular weight is 358 g/mol. The topological polar surface area (TPSA) is 17.1 Å². The fourth-order valence-electron chi connectivity index (χ4n) is 2.22. The van der Waals surface area contributed by atoms with Gasteiger partial charge in [0.25, 0.3) is 0 Å². The Morgan fingerprint density at radius 3 is 2.37 bits per heavy atom. The summed E-state index contributed by atoms with van der Waals surface area (Å²) in [6.07, 6.45) is 0.896. The number of hydrogen-bond donors (Lipinski definition) is 0. The van der Waals surface area contributed by atoms with Crippen molar-refractivity contribution in [1.82, 2.24) is 0 Å². The molecule has 0 amide bonds. The molecule has 0 atom stereocenters. The van der Waals surface area contributed by atoms with Crippen molar-refractivity contribution in [3.63, 3.8) is 0 Å². The van der Waals surface area contributed by atoms with Crippen LogP contribution in [0.3, 0.4) is 0 Å². The Labute approximate surface area is 125 Å². The molecule has 0 N–H and O–H groups in total. The lowest BCUT2D eigenvalue weighted by atomic mass is 10.00. The monoisotopic (exact) mass is 358 g/mol. The van der Waals surface area contributed by atoms with Crippen LogP contribution in [0.2, 0.25) is 0 Å². The van der Waals surface area contributed by atoms with Gasteiger partial charge in [-0.1, -0.05) is 36.4 Å². The molecule has 0 saturated heterocycles. The van der Waals surface area contributed by atoms with Gasteiger partial charge in [-0.05, 0) is 68.8 Å². The van der Waals surface area contributed by atoms with Crippen molar-refractivity contribution in [3.8, 4) is 11.1 Å². The van der Waals surface area contributed by atoms with Crippen LogP contribution in [0, 0.1) is 3.57 Å². The summed E-state index contributed by atoms with van der Waals surface area (Å²) >= 11 is 2.24. The fraction of sp³-hybridized carbons (Fsp3) is 0. The molecule has 3 rings (SSSR count). The van der Waals surface area contributed by atoms with E-state index in [2.05, 4.69) is 59.0 Å². The smallest absolute Gasteiger partial charge is 0.150 e. The minimum atomic E-state index is 0.718. The van der Waals surface area contributed by atoms with E-state index in [1.165, 1.54) is 10.8 Å². The SMILES string of the molecule is O=Cc1cc(I)cc(-c2ccc3ccccc3c2)c1. The molecule has 2 heteroatoms. The quantitative estimate of drug-likeness (QED) is 0.469. The predicted molar refractivity (Wildman–Crippen MR) is 87.5 cm³/mol. The summed E-state index contributed by atoms with van der Waals surface area (Å²) in [5, 5.41) is 2.44. The van der Waals surface area contributed by atoms with E-state index in [9.17, 15) is 4.79 Å². The third-order valence-corrected chi connectivity index (χ3v) is 3.76. The van der Waals surface area contributed by atoms with Gasteiger partial charge in [0.05, 0.1) is 0 Å². The highest BCUT2D eigenvalue weighted by atomic mass is 127. The zero-order valence-corrected chi connectivity index (χ0v) is 12.3. The molecule has 0 spiro atoms. The van der Waals surface area contributed by atoms with Crippen LogP contribution in [0.5, 0.6) is 0 Å². The zero-order chi connectivity index (χ0) is 13.2. The van der Waals surface area contributed by atoms with E-state index in [1.54, 1.807) is 0 Å². The maximum Gasteiger partial charge on any atom is 0.150 e. The Hall–Kier alpha value is -1.68. The summed E-state index contributed by atoms with van der Waals surface area (Å²) in [4.78, 5) is 11.0. The van der Waals surface area contributed by atoms with E-state index < -0.39 is 0 Å². The predicted octanol–water partition coefficient (Wildman–Crippen LogP) is 4.92. The van der Waals surface area contributed by atoms with E-state index in [0.29, 0.717) is 0 Å². The van der Waals surface area contributed by atoms with Gasteiger partial charge in [-0.25, -0.2) is 0 Å². The molecule has 0 unspecified atom stereocenters. The van der Waals surface area contributed by atoms with E-state index in [0.717, 1.165) is 26.5 Å². The molecule has 0 bridgehead atoms. The second-order valence-corrected chi connectivity index (χ2v) is 5.70. The Balaban J connectivity index is 2.18. The molecule has 19 heavy (non-hydrogen) atoms. The molecule has 92 valence electrons. The van der Waals surface area contributed by atoms with Gasteiger partial charge in [-0.15, -0.1) is 0 Å². The summed E-state index contributed by atoms with van der Waals surface area (Å²) in [7, 11) is 0. The molecule has 1 nitrogen and oxygen atoms in total. The first-order chi connectivity index (χ1) is 9.26. The summed E-state index contributed by atoms with van der Waals surface area (Å²) in [5.74, 6) is 0. The minimum absolute atomic E-state index is 0.718. The molecular weight excluding hydrogens is 347 g/mol. The maximum atomic E-state index is 11.0. The Bertz CT molecular complexity index is 762. The van der Waals surface area contributed by atoms with Gasteiger partial charge < -0.3 is 0 Å². The van der Waals surface area contributed by atoms with Crippen molar-refractivity contribution >= 4 is 39.6 Å². The molecule has 0 aliphatic rings. The third kappa shape index (κ3) is 2.54. The molecule has 3 aromatic carbocycles. The van der Waals surface area contributed by atoms with E-state index in [-0.39, 0.29) is 0 Å². The van der Waals surface area contributed by atoms with Gasteiger partial charge in [-0.3, -0.25) is 4.79 Å². The fourth-order valence-corrected chi connectivity index (χ4v) is 2.91. The number of carbonyl (C=O) groups is 1. The van der Waals surface area contributed by atoms with Gasteiger partial charge in [0, 0.05) is 9.13 Å². The van der Waals surface area contributed by atoms with Crippen molar-refractivity contribution in [1.29, 1.82) is 0 Å². The Morgan fingerprint density at radius 1 is 0.789 bits per heavy atom. The van der Waals surface area contributed by atoms with Crippen molar-refractivity contribution in [2.75, 3.05) is 0 Å². The number of rotatable bonds is 2. The van der Waals surface area contributed by atoms with Crippen LogP contribution in [-0.2, 0) is 0 Å². The summed E-state index contributed by atoms with van der Waals surface area (Å²) in [6, 6.07) is 20.6. The van der Waals surface area contributed by atoms with Crippen LogP contribution in [0.25, 0.3) is 21.9 Å². The lowest BCUT2D eigenvalue weighted by Crippen LogP contribution is -1.86. The van der Waals surface area contributed by atoms with Crippen LogP contribution in [0.4, 0.5) is 0 Å². The summed E-state index contributed by atoms with van der Waals surface area (Å²) < 4.78 is 1.07. The molecular formula is C17H11IO. The van der Waals surface area contributed by atoms with Crippen LogP contribution in [0.1, 0.15) is 10.4 Å². The molecule has 0 heterocycles. The number of hydrogen-bond acceptors (Lipinski definition) is 1. The van der Waals surface area contributed by atoms with Crippen molar-refractivity contribution < 1.29 is 4.79 Å². The highest BCUT2D eigenvalue weighted by Gasteiger charge is 2.03. The molecule has 0 saturated carbocycles. The van der Waals surface area contributed by atoms with E-state index in [4.69, 9.17) is 0 Å². The Morgan fingerprint density at radius 2 is 1.58 bits per heavy atom. The number of halogens is 1. The molecule has 0 fully saturated rings. The first-order valence-corrected chi connectivity index (χ1v) is 7.09. The van der Waals surface area contributed by atoms with Gasteiger partial charge in [0.1, 0.15) is 6.29 Å². The molecule has 3 aromatic rings. The van der Waals surface area contributed by atoms with Crippen LogP contribution < -0.4 is 0 Å². The molecule has 0 aromatic heterocycles. The number of fused-ring (bicyclic) bond motifs is 1. The molecule has 0 radical (unpaired) electrons. The zero-order valence-electron chi connectivity index (χ0n) is 10.1. The first-order valence-electron chi connectivity index (χ1n) is 6.01. The number of benzene rings is 3. The largest absolute Gasteiger partial charge is 0.298 e. The van der Waals surface area contributed by atoms with Gasteiger partial charge in [-0.2, -0.15) is 0 Å². The van der Waals surface area contributed by atoms with E-state index >= 15 is 0 Å². The third-order valence-electron chi connectivity index (χ3n) is 3.14. The van der Waals surface area contributed by atoms with E-state index in [1.807, 2.05) is 24.3 Å². The lowest BCUT2D eigenvalue weighted by molar-refractivity contribution is 0.112. The second-order valence-electron chi connectivity index (χ2n) is 4.45. The number of aldehydes is 1. The standard InChI is InChI=1S/C17H11IO/c18-17-8-12(11-19)7-16(10-17)15-6-5-13-3-1-2-4-14(13)9-15/h1-11H. The average Bonchev–Trinajstić information content (AvgIpc) is 2.46.